The number of rotatable bonds is 24. The first-order valence-corrected chi connectivity index (χ1v) is 14.2. The molecule has 0 radical (unpaired) electrons. The Kier molecular flexibility index (Phi) is 23.6. The highest BCUT2D eigenvalue weighted by molar-refractivity contribution is 5.84. The van der Waals surface area contributed by atoms with Gasteiger partial charge in [0.2, 0.25) is 5.91 Å². The molecule has 0 aliphatic heterocycles. The van der Waals surface area contributed by atoms with E-state index in [1.165, 1.54) is 57.8 Å². The molecule has 0 aliphatic carbocycles. The van der Waals surface area contributed by atoms with E-state index in [9.17, 15) is 9.59 Å². The molecule has 0 saturated carbocycles. The molecule has 7 nitrogen and oxygen atoms in total. The summed E-state index contributed by atoms with van der Waals surface area (Å²) in [7, 11) is 0. The number of aliphatic imine (C=N–C) groups is 1. The first kappa shape index (κ1) is 33.0. The van der Waals surface area contributed by atoms with Crippen LogP contribution in [0.25, 0.3) is 0 Å². The van der Waals surface area contributed by atoms with Gasteiger partial charge >= 0.3 is 5.97 Å². The number of carbonyl (C=O) groups is 2. The highest BCUT2D eigenvalue weighted by atomic mass is 16.5. The first-order chi connectivity index (χ1) is 17.0. The zero-order chi connectivity index (χ0) is 26.0. The molecule has 35 heavy (non-hydrogen) atoms. The van der Waals surface area contributed by atoms with Gasteiger partial charge in [-0.25, -0.2) is 4.79 Å². The zero-order valence-corrected chi connectivity index (χ0v) is 22.7. The lowest BCUT2D eigenvalue weighted by atomic mass is 10.1. The van der Waals surface area contributed by atoms with Crippen molar-refractivity contribution < 1.29 is 14.3 Å². The van der Waals surface area contributed by atoms with Crippen LogP contribution in [0, 0.1) is 0 Å². The molecule has 7 heteroatoms. The van der Waals surface area contributed by atoms with Gasteiger partial charge in [0.05, 0.1) is 6.61 Å². The normalized spacial score (nSPS) is 11.9. The summed E-state index contributed by atoms with van der Waals surface area (Å²) in [6.07, 6.45) is 23.8. The molecule has 0 fully saturated rings. The maximum Gasteiger partial charge on any atom is 0.328 e. The fraction of sp³-hybridized carbons (Fsp3) is 0.821. The molecular formula is C28H54N4O3. The molecule has 0 saturated heterocycles. The number of nitrogens with zero attached hydrogens (tertiary/aromatic N) is 1. The fourth-order valence-corrected chi connectivity index (χ4v) is 3.79. The Morgan fingerprint density at radius 3 is 1.97 bits per heavy atom. The summed E-state index contributed by atoms with van der Waals surface area (Å²) < 4.78 is 5.31. The summed E-state index contributed by atoms with van der Waals surface area (Å²) in [6, 6.07) is -0.642. The van der Waals surface area contributed by atoms with Crippen molar-refractivity contribution in [1.29, 1.82) is 0 Å². The van der Waals surface area contributed by atoms with Crippen LogP contribution in [0.4, 0.5) is 0 Å². The van der Waals surface area contributed by atoms with Crippen molar-refractivity contribution in [2.75, 3.05) is 13.2 Å². The van der Waals surface area contributed by atoms with Crippen LogP contribution in [0.1, 0.15) is 129 Å². The molecule has 0 unspecified atom stereocenters. The minimum absolute atomic E-state index is 0.0281. The van der Waals surface area contributed by atoms with Crippen LogP contribution >= 0.6 is 0 Å². The number of amides is 1. The van der Waals surface area contributed by atoms with Gasteiger partial charge in [-0.3, -0.25) is 9.79 Å². The van der Waals surface area contributed by atoms with Crippen LogP contribution in [0.3, 0.4) is 0 Å². The van der Waals surface area contributed by atoms with Crippen LogP contribution < -0.4 is 16.8 Å². The summed E-state index contributed by atoms with van der Waals surface area (Å²) in [6.45, 7) is 5.09. The van der Waals surface area contributed by atoms with E-state index in [2.05, 4.69) is 29.4 Å². The Bertz CT molecular complexity index is 575. The van der Waals surface area contributed by atoms with E-state index in [1.807, 2.05) is 6.92 Å². The number of unbranched alkanes of at least 4 members (excludes halogenated alkanes) is 12. The van der Waals surface area contributed by atoms with Crippen molar-refractivity contribution >= 4 is 17.8 Å². The second-order valence-corrected chi connectivity index (χ2v) is 9.42. The molecule has 0 aromatic heterocycles. The number of allylic oxidation sites excluding steroid dienone is 2. The van der Waals surface area contributed by atoms with E-state index in [-0.39, 0.29) is 17.8 Å². The highest BCUT2D eigenvalue weighted by Gasteiger charge is 2.21. The third-order valence-electron chi connectivity index (χ3n) is 5.97. The molecule has 0 heterocycles. The summed E-state index contributed by atoms with van der Waals surface area (Å²) in [5.41, 5.74) is 10.7. The average molecular weight is 495 g/mol. The van der Waals surface area contributed by atoms with Gasteiger partial charge in [-0.05, 0) is 51.4 Å². The van der Waals surface area contributed by atoms with Crippen LogP contribution in [-0.2, 0) is 14.3 Å². The maximum absolute atomic E-state index is 12.4. The molecule has 0 aromatic carbocycles. The third-order valence-corrected chi connectivity index (χ3v) is 5.97. The average Bonchev–Trinajstić information content (AvgIpc) is 2.83. The largest absolute Gasteiger partial charge is 0.464 e. The Morgan fingerprint density at radius 2 is 1.37 bits per heavy atom. The number of guanidine groups is 1. The van der Waals surface area contributed by atoms with Gasteiger partial charge in [-0.2, -0.15) is 0 Å². The van der Waals surface area contributed by atoms with Gasteiger partial charge in [0.15, 0.2) is 5.96 Å². The van der Waals surface area contributed by atoms with Crippen molar-refractivity contribution in [3.05, 3.63) is 12.2 Å². The summed E-state index contributed by atoms with van der Waals surface area (Å²) >= 11 is 0. The van der Waals surface area contributed by atoms with Gasteiger partial charge in [-0.1, -0.05) is 83.8 Å². The Labute approximate surface area is 214 Å². The van der Waals surface area contributed by atoms with Gasteiger partial charge in [0.25, 0.3) is 0 Å². The highest BCUT2D eigenvalue weighted by Crippen LogP contribution is 2.10. The zero-order valence-electron chi connectivity index (χ0n) is 22.7. The van der Waals surface area contributed by atoms with E-state index in [1.54, 1.807) is 0 Å². The molecule has 1 amide bonds. The quantitative estimate of drug-likeness (QED) is 0.0507. The van der Waals surface area contributed by atoms with Gasteiger partial charge in [0, 0.05) is 13.0 Å². The minimum Gasteiger partial charge on any atom is -0.464 e. The van der Waals surface area contributed by atoms with Crippen molar-refractivity contribution in [2.45, 2.75) is 135 Å². The summed E-state index contributed by atoms with van der Waals surface area (Å²) in [5.74, 6) is -0.441. The molecule has 5 N–H and O–H groups in total. The van der Waals surface area contributed by atoms with Gasteiger partial charge < -0.3 is 21.5 Å². The van der Waals surface area contributed by atoms with E-state index in [0.29, 0.717) is 32.4 Å². The van der Waals surface area contributed by atoms with Crippen LogP contribution in [0.15, 0.2) is 17.1 Å². The van der Waals surface area contributed by atoms with E-state index >= 15 is 0 Å². The van der Waals surface area contributed by atoms with Crippen molar-refractivity contribution in [3.63, 3.8) is 0 Å². The maximum atomic E-state index is 12.4. The van der Waals surface area contributed by atoms with Crippen molar-refractivity contribution in [3.8, 4) is 0 Å². The number of hydrogen-bond acceptors (Lipinski definition) is 4. The lowest BCUT2D eigenvalue weighted by Crippen LogP contribution is -2.42. The number of carbonyl (C=O) groups excluding carboxylic acids is 2. The molecule has 0 rings (SSSR count). The van der Waals surface area contributed by atoms with Crippen molar-refractivity contribution in [2.24, 2.45) is 16.5 Å². The van der Waals surface area contributed by atoms with E-state index < -0.39 is 6.04 Å². The number of esters is 1. The molecule has 1 atom stereocenters. The van der Waals surface area contributed by atoms with Gasteiger partial charge in [0.1, 0.15) is 6.04 Å². The number of ether oxygens (including phenoxy) is 1. The molecule has 0 bridgehead atoms. The summed E-state index contributed by atoms with van der Waals surface area (Å²) in [4.78, 5) is 28.7. The predicted molar refractivity (Wildman–Crippen MR) is 147 cm³/mol. The fourth-order valence-electron chi connectivity index (χ4n) is 3.79. The SMILES string of the molecule is CCCCCCCC/C=C\CCCCCCCC(=O)N[C@@H](CCCN=C(N)N)C(=O)OCCCC. The second-order valence-electron chi connectivity index (χ2n) is 9.42. The van der Waals surface area contributed by atoms with Crippen molar-refractivity contribution in [1.82, 2.24) is 5.32 Å². The summed E-state index contributed by atoms with van der Waals surface area (Å²) in [5, 5.41) is 2.85. The minimum atomic E-state index is -0.642. The Balaban J connectivity index is 3.93. The standard InChI is InChI=1S/C28H54N4O3/c1-3-5-7-8-9-10-11-12-13-14-15-16-17-18-19-22-26(33)32-25(21-20-23-31-28(29)30)27(34)35-24-6-4-2/h12-13,25H,3-11,14-24H2,1-2H3,(H,32,33)(H4,29,30,31)/b13-12-/t25-/m0/s1. The predicted octanol–water partition coefficient (Wildman–Crippen LogP) is 5.91. The van der Waals surface area contributed by atoms with Crippen LogP contribution in [0.2, 0.25) is 0 Å². The number of nitrogens with two attached hydrogens (primary N) is 2. The lowest BCUT2D eigenvalue weighted by Gasteiger charge is -2.17. The monoisotopic (exact) mass is 494 g/mol. The smallest absolute Gasteiger partial charge is 0.328 e. The lowest BCUT2D eigenvalue weighted by molar-refractivity contribution is -0.148. The topological polar surface area (TPSA) is 120 Å². The van der Waals surface area contributed by atoms with E-state index in [0.717, 1.165) is 38.5 Å². The molecular weight excluding hydrogens is 440 g/mol. The first-order valence-electron chi connectivity index (χ1n) is 14.2. The number of hydrogen-bond donors (Lipinski definition) is 3. The molecule has 0 spiro atoms. The molecule has 0 aromatic rings. The van der Waals surface area contributed by atoms with Gasteiger partial charge in [-0.15, -0.1) is 0 Å². The molecule has 0 aliphatic rings. The van der Waals surface area contributed by atoms with Crippen LogP contribution in [-0.4, -0.2) is 37.0 Å². The number of nitrogens with one attached hydrogen (secondary N) is 1. The third kappa shape index (κ3) is 23.5. The van der Waals surface area contributed by atoms with Crippen LogP contribution in [0.5, 0.6) is 0 Å². The second kappa shape index (κ2) is 25.1. The Hall–Kier alpha value is -2.05. The van der Waals surface area contributed by atoms with E-state index in [4.69, 9.17) is 16.2 Å². The molecule has 204 valence electrons. The Morgan fingerprint density at radius 1 is 0.800 bits per heavy atom.